The summed E-state index contributed by atoms with van der Waals surface area (Å²) in [7, 11) is 1.64. The Morgan fingerprint density at radius 3 is 2.71 bits per heavy atom. The van der Waals surface area contributed by atoms with Crippen LogP contribution in [0.5, 0.6) is 5.75 Å². The maximum Gasteiger partial charge on any atom is 0.229 e. The normalized spacial score (nSPS) is 16.1. The predicted octanol–water partition coefficient (Wildman–Crippen LogP) is 5.31. The van der Waals surface area contributed by atoms with Crippen LogP contribution in [-0.2, 0) is 4.79 Å². The third-order valence-corrected chi connectivity index (χ3v) is 5.89. The Kier molecular flexibility index (Phi) is 6.59. The van der Waals surface area contributed by atoms with Crippen molar-refractivity contribution in [1.29, 1.82) is 0 Å². The number of carbonyl (C=O) groups is 1. The van der Waals surface area contributed by atoms with Gasteiger partial charge in [0, 0.05) is 23.7 Å². The fourth-order valence-corrected chi connectivity index (χ4v) is 4.17. The molecule has 0 radical (unpaired) electrons. The summed E-state index contributed by atoms with van der Waals surface area (Å²) in [5, 5.41) is 12.7. The summed E-state index contributed by atoms with van der Waals surface area (Å²) in [5.74, 6) is 1.27. The highest BCUT2D eigenvalue weighted by Crippen LogP contribution is 2.30. The SMILES string of the molecule is COc1ccccc1-c1ccc(N2CCCC(C(=O)Nc3ccc(Cl)cc3Cl)C2)nn1. The van der Waals surface area contributed by atoms with E-state index in [-0.39, 0.29) is 11.8 Å². The van der Waals surface area contributed by atoms with Crippen molar-refractivity contribution in [3.8, 4) is 17.0 Å². The van der Waals surface area contributed by atoms with Crippen LogP contribution >= 0.6 is 23.2 Å². The third kappa shape index (κ3) is 4.92. The molecule has 2 heterocycles. The Morgan fingerprint density at radius 1 is 1.13 bits per heavy atom. The van der Waals surface area contributed by atoms with E-state index in [1.54, 1.807) is 25.3 Å². The van der Waals surface area contributed by atoms with Crippen LogP contribution in [0.15, 0.2) is 54.6 Å². The van der Waals surface area contributed by atoms with Gasteiger partial charge in [0.2, 0.25) is 5.91 Å². The number of amides is 1. The molecule has 160 valence electrons. The highest BCUT2D eigenvalue weighted by Gasteiger charge is 2.27. The van der Waals surface area contributed by atoms with Crippen molar-refractivity contribution in [1.82, 2.24) is 10.2 Å². The lowest BCUT2D eigenvalue weighted by Crippen LogP contribution is -2.41. The van der Waals surface area contributed by atoms with Crippen LogP contribution in [-0.4, -0.2) is 36.3 Å². The van der Waals surface area contributed by atoms with E-state index in [0.29, 0.717) is 22.3 Å². The number of rotatable bonds is 5. The van der Waals surface area contributed by atoms with E-state index in [0.717, 1.165) is 42.2 Å². The molecular formula is C23H22Cl2N4O2. The van der Waals surface area contributed by atoms with Gasteiger partial charge in [-0.15, -0.1) is 10.2 Å². The Balaban J connectivity index is 1.45. The lowest BCUT2D eigenvalue weighted by molar-refractivity contribution is -0.120. The maximum atomic E-state index is 12.8. The molecule has 0 spiro atoms. The summed E-state index contributed by atoms with van der Waals surface area (Å²) in [6.07, 6.45) is 1.70. The number of carbonyl (C=O) groups excluding carboxylic acids is 1. The summed E-state index contributed by atoms with van der Waals surface area (Å²) < 4.78 is 5.41. The van der Waals surface area contributed by atoms with Crippen LogP contribution in [0.3, 0.4) is 0 Å². The summed E-state index contributed by atoms with van der Waals surface area (Å²) in [5.41, 5.74) is 2.19. The minimum Gasteiger partial charge on any atom is -0.496 e. The van der Waals surface area contributed by atoms with Gasteiger partial charge in [-0.05, 0) is 55.3 Å². The van der Waals surface area contributed by atoms with Gasteiger partial charge in [0.05, 0.1) is 29.4 Å². The molecule has 1 atom stereocenters. The fourth-order valence-electron chi connectivity index (χ4n) is 3.72. The topological polar surface area (TPSA) is 67.3 Å². The first kappa shape index (κ1) is 21.4. The highest BCUT2D eigenvalue weighted by atomic mass is 35.5. The van der Waals surface area contributed by atoms with E-state index in [1.807, 2.05) is 36.4 Å². The minimum atomic E-state index is -0.170. The van der Waals surface area contributed by atoms with Gasteiger partial charge in [-0.25, -0.2) is 0 Å². The molecule has 1 aliphatic rings. The lowest BCUT2D eigenvalue weighted by atomic mass is 9.97. The molecule has 1 fully saturated rings. The van der Waals surface area contributed by atoms with Gasteiger partial charge < -0.3 is 15.0 Å². The molecule has 2 aromatic carbocycles. The smallest absolute Gasteiger partial charge is 0.229 e. The van der Waals surface area contributed by atoms with Crippen molar-refractivity contribution in [3.05, 3.63) is 64.6 Å². The molecule has 8 heteroatoms. The van der Waals surface area contributed by atoms with Gasteiger partial charge in [-0.1, -0.05) is 35.3 Å². The van der Waals surface area contributed by atoms with Gasteiger partial charge in [0.15, 0.2) is 5.82 Å². The molecule has 31 heavy (non-hydrogen) atoms. The first-order valence-corrected chi connectivity index (χ1v) is 10.8. The van der Waals surface area contributed by atoms with E-state index >= 15 is 0 Å². The van der Waals surface area contributed by atoms with Crippen LogP contribution < -0.4 is 15.0 Å². The molecule has 6 nitrogen and oxygen atoms in total. The largest absolute Gasteiger partial charge is 0.496 e. The van der Waals surface area contributed by atoms with Crippen molar-refractivity contribution < 1.29 is 9.53 Å². The number of nitrogens with one attached hydrogen (secondary N) is 1. The summed E-state index contributed by atoms with van der Waals surface area (Å²) >= 11 is 12.1. The molecule has 1 aromatic heterocycles. The second kappa shape index (κ2) is 9.54. The number of hydrogen-bond donors (Lipinski definition) is 1. The first-order valence-electron chi connectivity index (χ1n) is 10.0. The Bertz CT molecular complexity index is 1080. The fraction of sp³-hybridized carbons (Fsp3) is 0.261. The number of anilines is 2. The predicted molar refractivity (Wildman–Crippen MR) is 124 cm³/mol. The number of halogens is 2. The second-order valence-corrected chi connectivity index (χ2v) is 8.22. The molecular weight excluding hydrogens is 435 g/mol. The summed E-state index contributed by atoms with van der Waals surface area (Å²) in [6.45, 7) is 1.40. The minimum absolute atomic E-state index is 0.0625. The van der Waals surface area contributed by atoms with E-state index in [1.165, 1.54) is 0 Å². The number of methoxy groups -OCH3 is 1. The average Bonchev–Trinajstić information content (AvgIpc) is 2.81. The zero-order valence-corrected chi connectivity index (χ0v) is 18.5. The van der Waals surface area contributed by atoms with Crippen molar-refractivity contribution in [3.63, 3.8) is 0 Å². The van der Waals surface area contributed by atoms with E-state index in [4.69, 9.17) is 27.9 Å². The van der Waals surface area contributed by atoms with Gasteiger partial charge in [0.1, 0.15) is 5.75 Å². The molecule has 1 aliphatic heterocycles. The number of nitrogens with zero attached hydrogens (tertiary/aromatic N) is 3. The van der Waals surface area contributed by atoms with Crippen molar-refractivity contribution in [2.45, 2.75) is 12.8 Å². The number of para-hydroxylation sites is 1. The number of piperidine rings is 1. The standard InChI is InChI=1S/C23H22Cl2N4O2/c1-31-21-7-3-2-6-17(21)19-10-11-22(28-27-19)29-12-4-5-15(14-29)23(30)26-20-9-8-16(24)13-18(20)25/h2-3,6-11,13,15H,4-5,12,14H2,1H3,(H,26,30). The number of benzene rings is 2. The molecule has 0 bridgehead atoms. The Morgan fingerprint density at radius 2 is 1.97 bits per heavy atom. The van der Waals surface area contributed by atoms with Crippen molar-refractivity contribution in [2.75, 3.05) is 30.4 Å². The maximum absolute atomic E-state index is 12.8. The molecule has 1 N–H and O–H groups in total. The van der Waals surface area contributed by atoms with E-state index in [9.17, 15) is 4.79 Å². The monoisotopic (exact) mass is 456 g/mol. The average molecular weight is 457 g/mol. The molecule has 0 aliphatic carbocycles. The van der Waals surface area contributed by atoms with Crippen LogP contribution in [0.1, 0.15) is 12.8 Å². The van der Waals surface area contributed by atoms with Gasteiger partial charge in [0.25, 0.3) is 0 Å². The van der Waals surface area contributed by atoms with Crippen molar-refractivity contribution >= 4 is 40.6 Å². The molecule has 1 unspecified atom stereocenters. The third-order valence-electron chi connectivity index (χ3n) is 5.34. The van der Waals surface area contributed by atoms with Gasteiger partial charge >= 0.3 is 0 Å². The first-order chi connectivity index (χ1) is 15.0. The van der Waals surface area contributed by atoms with Crippen LogP contribution in [0.25, 0.3) is 11.3 Å². The molecule has 4 rings (SSSR count). The summed E-state index contributed by atoms with van der Waals surface area (Å²) in [4.78, 5) is 14.9. The zero-order valence-electron chi connectivity index (χ0n) is 17.0. The lowest BCUT2D eigenvalue weighted by Gasteiger charge is -2.32. The van der Waals surface area contributed by atoms with E-state index < -0.39 is 0 Å². The van der Waals surface area contributed by atoms with Crippen LogP contribution in [0.2, 0.25) is 10.0 Å². The van der Waals surface area contributed by atoms with Crippen molar-refractivity contribution in [2.24, 2.45) is 5.92 Å². The van der Waals surface area contributed by atoms with Gasteiger partial charge in [-0.3, -0.25) is 4.79 Å². The van der Waals surface area contributed by atoms with Crippen LogP contribution in [0.4, 0.5) is 11.5 Å². The zero-order chi connectivity index (χ0) is 21.8. The van der Waals surface area contributed by atoms with E-state index in [2.05, 4.69) is 20.4 Å². The Hall–Kier alpha value is -2.83. The number of aromatic nitrogens is 2. The number of ether oxygens (including phenoxy) is 1. The quantitative estimate of drug-likeness (QED) is 0.562. The molecule has 3 aromatic rings. The van der Waals surface area contributed by atoms with Crippen LogP contribution in [0, 0.1) is 5.92 Å². The molecule has 1 saturated heterocycles. The van der Waals surface area contributed by atoms with Gasteiger partial charge in [-0.2, -0.15) is 0 Å². The summed E-state index contributed by atoms with van der Waals surface area (Å²) in [6, 6.07) is 16.6. The molecule has 1 amide bonds. The second-order valence-electron chi connectivity index (χ2n) is 7.38. The Labute approximate surface area is 191 Å². The number of hydrogen-bond acceptors (Lipinski definition) is 5. The highest BCUT2D eigenvalue weighted by molar-refractivity contribution is 6.36. The molecule has 0 saturated carbocycles.